The van der Waals surface area contributed by atoms with Crippen molar-refractivity contribution in [2.45, 2.75) is 24.8 Å². The van der Waals surface area contributed by atoms with E-state index >= 15 is 0 Å². The van der Waals surface area contributed by atoms with Crippen LogP contribution in [-0.2, 0) is 11.3 Å². The number of amides is 1. The monoisotopic (exact) mass is 366 g/mol. The number of hydrogen-bond acceptors (Lipinski definition) is 2. The van der Waals surface area contributed by atoms with Crippen molar-refractivity contribution in [3.63, 3.8) is 0 Å². The van der Waals surface area contributed by atoms with Gasteiger partial charge in [-0.05, 0) is 36.9 Å². The van der Waals surface area contributed by atoms with Crippen molar-refractivity contribution in [2.24, 2.45) is 0 Å². The zero-order valence-corrected chi connectivity index (χ0v) is 14.6. The van der Waals surface area contributed by atoms with Crippen LogP contribution in [0.15, 0.2) is 53.7 Å². The van der Waals surface area contributed by atoms with E-state index in [4.69, 9.17) is 0 Å². The molecule has 0 atom stereocenters. The first-order valence-corrected chi connectivity index (χ1v) is 7.79. The zero-order valence-electron chi connectivity index (χ0n) is 12.2. The van der Waals surface area contributed by atoms with Crippen LogP contribution in [0.4, 0.5) is 5.69 Å². The topological polar surface area (TPSA) is 33.0 Å². The first kappa shape index (κ1) is 17.7. The van der Waals surface area contributed by atoms with E-state index in [2.05, 4.69) is 12.2 Å². The standard InChI is InChI=1S/C16H18N2OS.BrH/c1-13-6-9-18(10-7-13)11-8-16(19)17-14-4-3-5-15(12-14)20-2;/h3-7,9-10,12H,8,11H2,1-2H3;1H. The number of thioether (sulfide) groups is 1. The molecule has 0 aliphatic heterocycles. The van der Waals surface area contributed by atoms with E-state index in [9.17, 15) is 4.79 Å². The van der Waals surface area contributed by atoms with Crippen LogP contribution in [0.2, 0.25) is 0 Å². The van der Waals surface area contributed by atoms with Crippen molar-refractivity contribution in [3.05, 3.63) is 54.4 Å². The van der Waals surface area contributed by atoms with E-state index < -0.39 is 0 Å². The van der Waals surface area contributed by atoms with Gasteiger partial charge in [0.15, 0.2) is 18.9 Å². The van der Waals surface area contributed by atoms with Crippen molar-refractivity contribution in [1.82, 2.24) is 0 Å². The van der Waals surface area contributed by atoms with Gasteiger partial charge in [-0.1, -0.05) is 6.07 Å². The van der Waals surface area contributed by atoms with Crippen LogP contribution in [0.25, 0.3) is 0 Å². The lowest BCUT2D eigenvalue weighted by molar-refractivity contribution is -0.695. The van der Waals surface area contributed by atoms with E-state index in [1.54, 1.807) is 11.8 Å². The van der Waals surface area contributed by atoms with Gasteiger partial charge in [0, 0.05) is 22.7 Å². The molecule has 21 heavy (non-hydrogen) atoms. The van der Waals surface area contributed by atoms with E-state index in [1.807, 2.05) is 59.6 Å². The van der Waals surface area contributed by atoms with Gasteiger partial charge in [0.25, 0.3) is 0 Å². The fourth-order valence-corrected chi connectivity index (χ4v) is 2.30. The molecule has 0 unspecified atom stereocenters. The lowest BCUT2D eigenvalue weighted by Crippen LogP contribution is -3.00. The smallest absolute Gasteiger partial charge is 0.230 e. The van der Waals surface area contributed by atoms with E-state index in [0.29, 0.717) is 13.0 Å². The summed E-state index contributed by atoms with van der Waals surface area (Å²) < 4.78 is 2.02. The molecule has 0 saturated carbocycles. The number of nitrogens with zero attached hydrogens (tertiary/aromatic N) is 1. The Hall–Kier alpha value is -1.33. The maximum atomic E-state index is 11.9. The highest BCUT2D eigenvalue weighted by atomic mass is 79.9. The molecule has 0 aliphatic rings. The van der Waals surface area contributed by atoms with Crippen molar-refractivity contribution in [3.8, 4) is 0 Å². The molecule has 1 amide bonds. The Kier molecular flexibility index (Phi) is 7.47. The quantitative estimate of drug-likeness (QED) is 0.598. The van der Waals surface area contributed by atoms with Crippen LogP contribution in [0.3, 0.4) is 0 Å². The summed E-state index contributed by atoms with van der Waals surface area (Å²) >= 11 is 1.67. The van der Waals surface area contributed by atoms with Crippen LogP contribution in [0, 0.1) is 6.92 Å². The number of anilines is 1. The lowest BCUT2D eigenvalue weighted by Gasteiger charge is -2.05. The summed E-state index contributed by atoms with van der Waals surface area (Å²) in [5.41, 5.74) is 2.08. The summed E-state index contributed by atoms with van der Waals surface area (Å²) in [6, 6.07) is 12.0. The van der Waals surface area contributed by atoms with Crippen LogP contribution >= 0.6 is 11.8 Å². The molecule has 0 radical (unpaired) electrons. The van der Waals surface area contributed by atoms with Crippen LogP contribution < -0.4 is 26.9 Å². The molecule has 112 valence electrons. The molecular formula is C16H19BrN2OS. The molecule has 0 fully saturated rings. The molecule has 1 heterocycles. The number of carbonyl (C=O) groups is 1. The summed E-state index contributed by atoms with van der Waals surface area (Å²) in [6.45, 7) is 2.74. The van der Waals surface area contributed by atoms with Gasteiger partial charge in [-0.25, -0.2) is 4.57 Å². The van der Waals surface area contributed by atoms with Crippen molar-refractivity contribution < 1.29 is 26.3 Å². The fourth-order valence-electron chi connectivity index (χ4n) is 1.84. The molecule has 1 aromatic heterocycles. The SMILES string of the molecule is CSc1cccc(NC(=O)CC[n+]2ccc(C)cc2)c1.[Br-]. The van der Waals surface area contributed by atoms with Gasteiger partial charge in [0.05, 0.1) is 6.42 Å². The third kappa shape index (κ3) is 5.89. The van der Waals surface area contributed by atoms with Crippen LogP contribution in [-0.4, -0.2) is 12.2 Å². The van der Waals surface area contributed by atoms with Crippen molar-refractivity contribution >= 4 is 23.4 Å². The minimum atomic E-state index is 0. The molecule has 0 saturated heterocycles. The average Bonchev–Trinajstić information content (AvgIpc) is 2.47. The number of benzene rings is 1. The zero-order chi connectivity index (χ0) is 14.4. The maximum absolute atomic E-state index is 11.9. The predicted octanol–water partition coefficient (Wildman–Crippen LogP) is 0.0372. The lowest BCUT2D eigenvalue weighted by atomic mass is 10.3. The number of pyridine rings is 1. The van der Waals surface area contributed by atoms with Crippen molar-refractivity contribution in [2.75, 3.05) is 11.6 Å². The van der Waals surface area contributed by atoms with Gasteiger partial charge < -0.3 is 22.3 Å². The normalized spacial score (nSPS) is 9.81. The van der Waals surface area contributed by atoms with Crippen LogP contribution in [0.5, 0.6) is 0 Å². The Bertz CT molecular complexity index is 587. The molecule has 5 heteroatoms. The fraction of sp³-hybridized carbons (Fsp3) is 0.250. The molecule has 2 rings (SSSR count). The Morgan fingerprint density at radius 3 is 2.62 bits per heavy atom. The molecule has 0 bridgehead atoms. The number of aryl methyl sites for hydroxylation is 2. The maximum Gasteiger partial charge on any atom is 0.230 e. The Morgan fingerprint density at radius 1 is 1.24 bits per heavy atom. The highest BCUT2D eigenvalue weighted by Crippen LogP contribution is 2.18. The van der Waals surface area contributed by atoms with Gasteiger partial charge in [0.1, 0.15) is 0 Å². The second-order valence-corrected chi connectivity index (χ2v) is 5.52. The predicted molar refractivity (Wildman–Crippen MR) is 82.8 cm³/mol. The molecule has 1 N–H and O–H groups in total. The Labute approximate surface area is 140 Å². The summed E-state index contributed by atoms with van der Waals surface area (Å²) in [7, 11) is 0. The van der Waals surface area contributed by atoms with Gasteiger partial charge in [-0.2, -0.15) is 0 Å². The summed E-state index contributed by atoms with van der Waals surface area (Å²) in [4.78, 5) is 13.1. The molecular weight excluding hydrogens is 348 g/mol. The molecule has 1 aromatic carbocycles. The third-order valence-electron chi connectivity index (χ3n) is 3.01. The third-order valence-corrected chi connectivity index (χ3v) is 3.73. The Morgan fingerprint density at radius 2 is 1.95 bits per heavy atom. The van der Waals surface area contributed by atoms with E-state index in [1.165, 1.54) is 5.56 Å². The number of hydrogen-bond donors (Lipinski definition) is 1. The number of carbonyl (C=O) groups excluding carboxylic acids is 1. The minimum Gasteiger partial charge on any atom is -1.00 e. The van der Waals surface area contributed by atoms with Crippen LogP contribution in [0.1, 0.15) is 12.0 Å². The number of nitrogens with one attached hydrogen (secondary N) is 1. The number of halogens is 1. The molecule has 3 nitrogen and oxygen atoms in total. The second-order valence-electron chi connectivity index (χ2n) is 4.64. The molecule has 0 spiro atoms. The summed E-state index contributed by atoms with van der Waals surface area (Å²) in [5.74, 6) is 0.0383. The molecule has 0 aliphatic carbocycles. The van der Waals surface area contributed by atoms with Gasteiger partial charge in [-0.15, -0.1) is 11.8 Å². The summed E-state index contributed by atoms with van der Waals surface area (Å²) in [5, 5.41) is 2.93. The molecule has 2 aromatic rings. The summed E-state index contributed by atoms with van der Waals surface area (Å²) in [6.07, 6.45) is 6.49. The first-order chi connectivity index (χ1) is 9.67. The van der Waals surface area contributed by atoms with E-state index in [-0.39, 0.29) is 22.9 Å². The second kappa shape index (κ2) is 8.85. The van der Waals surface area contributed by atoms with Crippen molar-refractivity contribution in [1.29, 1.82) is 0 Å². The average molecular weight is 367 g/mol. The van der Waals surface area contributed by atoms with Gasteiger partial charge in [-0.3, -0.25) is 4.79 Å². The highest BCUT2D eigenvalue weighted by molar-refractivity contribution is 7.98. The van der Waals surface area contributed by atoms with E-state index in [0.717, 1.165) is 10.6 Å². The first-order valence-electron chi connectivity index (χ1n) is 6.57. The number of rotatable bonds is 5. The van der Waals surface area contributed by atoms with Gasteiger partial charge >= 0.3 is 0 Å². The largest absolute Gasteiger partial charge is 1.00 e. The van der Waals surface area contributed by atoms with Gasteiger partial charge in [0.2, 0.25) is 5.91 Å². The number of aromatic nitrogens is 1. The Balaban J connectivity index is 0.00000220. The highest BCUT2D eigenvalue weighted by Gasteiger charge is 2.07. The minimum absolute atomic E-state index is 0.